The summed E-state index contributed by atoms with van der Waals surface area (Å²) in [4.78, 5) is 10.5. The third-order valence-electron chi connectivity index (χ3n) is 6.26. The molecule has 0 heterocycles. The molecular weight excluding hydrogens is 320 g/mol. The third kappa shape index (κ3) is 5.93. The van der Waals surface area contributed by atoms with Crippen LogP contribution in [0.25, 0.3) is 0 Å². The van der Waals surface area contributed by atoms with Crippen molar-refractivity contribution < 1.29 is 24.9 Å². The minimum absolute atomic E-state index is 0.0565. The predicted molar refractivity (Wildman–Crippen MR) is 96.4 cm³/mol. The Balaban J connectivity index is 1.71. The average molecular weight is 357 g/mol. The van der Waals surface area contributed by atoms with Gasteiger partial charge in [-0.15, -0.1) is 0 Å². The maximum atomic E-state index is 11.2. The van der Waals surface area contributed by atoms with Crippen LogP contribution < -0.4 is 0 Å². The van der Waals surface area contributed by atoms with Crippen molar-refractivity contribution in [2.45, 2.75) is 102 Å². The molecule has 2 aliphatic rings. The largest absolute Gasteiger partial charge is 0.481 e. The Bertz CT molecular complexity index is 413. The van der Waals surface area contributed by atoms with E-state index in [1.54, 1.807) is 0 Å². The number of aliphatic carboxylic acids is 1. The first-order valence-electron chi connectivity index (χ1n) is 10.2. The molecule has 0 bridgehead atoms. The summed E-state index contributed by atoms with van der Waals surface area (Å²) < 4.78 is 5.82. The Labute approximate surface area is 151 Å². The van der Waals surface area contributed by atoms with Crippen LogP contribution in [0.2, 0.25) is 0 Å². The van der Waals surface area contributed by atoms with E-state index in [0.29, 0.717) is 25.4 Å². The molecule has 5 heteroatoms. The van der Waals surface area contributed by atoms with Gasteiger partial charge in [-0.05, 0) is 56.8 Å². The van der Waals surface area contributed by atoms with Gasteiger partial charge in [0.25, 0.3) is 0 Å². The van der Waals surface area contributed by atoms with Crippen LogP contribution in [0.4, 0.5) is 0 Å². The van der Waals surface area contributed by atoms with Gasteiger partial charge in [-0.1, -0.05) is 26.2 Å². The van der Waals surface area contributed by atoms with E-state index in [4.69, 9.17) is 9.84 Å². The average Bonchev–Trinajstić information content (AvgIpc) is 3.03. The molecule has 0 saturated heterocycles. The summed E-state index contributed by atoms with van der Waals surface area (Å²) in [6, 6.07) is 0. The minimum Gasteiger partial charge on any atom is -0.481 e. The first-order chi connectivity index (χ1) is 12.0. The van der Waals surface area contributed by atoms with E-state index in [0.717, 1.165) is 44.9 Å². The van der Waals surface area contributed by atoms with E-state index < -0.39 is 11.6 Å². The number of carboxylic acids is 1. The monoisotopic (exact) mass is 356 g/mol. The molecule has 5 atom stereocenters. The normalized spacial score (nSPS) is 32.7. The van der Waals surface area contributed by atoms with Gasteiger partial charge in [0.2, 0.25) is 0 Å². The van der Waals surface area contributed by atoms with Crippen LogP contribution in [-0.2, 0) is 9.53 Å². The predicted octanol–water partition coefficient (Wildman–Crippen LogP) is 3.51. The van der Waals surface area contributed by atoms with Crippen LogP contribution in [-0.4, -0.2) is 45.7 Å². The van der Waals surface area contributed by atoms with Gasteiger partial charge < -0.3 is 20.1 Å². The molecule has 0 aromatic rings. The van der Waals surface area contributed by atoms with Crippen molar-refractivity contribution >= 4 is 5.97 Å². The molecule has 2 saturated carbocycles. The van der Waals surface area contributed by atoms with Crippen molar-refractivity contribution in [3.8, 4) is 0 Å². The second-order valence-electron chi connectivity index (χ2n) is 8.12. The fourth-order valence-corrected chi connectivity index (χ4v) is 4.82. The molecule has 25 heavy (non-hydrogen) atoms. The molecule has 0 amide bonds. The smallest absolute Gasteiger partial charge is 0.303 e. The van der Waals surface area contributed by atoms with Crippen molar-refractivity contribution in [2.75, 3.05) is 6.61 Å². The number of aliphatic hydroxyl groups is 2. The molecule has 3 N–H and O–H groups in total. The van der Waals surface area contributed by atoms with Crippen molar-refractivity contribution in [3.05, 3.63) is 0 Å². The summed E-state index contributed by atoms with van der Waals surface area (Å²) in [7, 11) is 0. The van der Waals surface area contributed by atoms with Gasteiger partial charge in [-0.2, -0.15) is 0 Å². The number of carbonyl (C=O) groups is 1. The van der Waals surface area contributed by atoms with Gasteiger partial charge >= 0.3 is 5.97 Å². The number of hydrogen-bond acceptors (Lipinski definition) is 4. The first-order valence-corrected chi connectivity index (χ1v) is 10.2. The lowest BCUT2D eigenvalue weighted by Gasteiger charge is -2.31. The standard InChI is InChI=1S/C20H36O5/c1-2-3-4-6-17(21)11-10-15-8-9-16-13-18(14-20(15,16)24)25-12-5-7-19(22)23/h15-18,21,24H,2-14H2,1H3,(H,22,23)/t15-,16-,17?,18?,20+/m0/s1. The number of rotatable bonds is 12. The molecule has 0 aromatic heterocycles. The maximum Gasteiger partial charge on any atom is 0.303 e. The van der Waals surface area contributed by atoms with E-state index in [1.165, 1.54) is 12.8 Å². The second-order valence-corrected chi connectivity index (χ2v) is 8.12. The van der Waals surface area contributed by atoms with Crippen LogP contribution in [0, 0.1) is 11.8 Å². The van der Waals surface area contributed by atoms with Gasteiger partial charge in [0, 0.05) is 19.4 Å². The Morgan fingerprint density at radius 3 is 2.76 bits per heavy atom. The van der Waals surface area contributed by atoms with E-state index in [-0.39, 0.29) is 24.5 Å². The van der Waals surface area contributed by atoms with E-state index in [2.05, 4.69) is 6.92 Å². The summed E-state index contributed by atoms with van der Waals surface area (Å²) >= 11 is 0. The second kappa shape index (κ2) is 9.89. The van der Waals surface area contributed by atoms with Gasteiger partial charge in [0.1, 0.15) is 0 Å². The van der Waals surface area contributed by atoms with Gasteiger partial charge in [0.15, 0.2) is 0 Å². The third-order valence-corrected chi connectivity index (χ3v) is 6.26. The van der Waals surface area contributed by atoms with Gasteiger partial charge in [-0.3, -0.25) is 4.79 Å². The van der Waals surface area contributed by atoms with E-state index in [1.807, 2.05) is 0 Å². The fraction of sp³-hybridized carbons (Fsp3) is 0.950. The lowest BCUT2D eigenvalue weighted by Crippen LogP contribution is -2.36. The highest BCUT2D eigenvalue weighted by Gasteiger charge is 2.54. The number of ether oxygens (including phenoxy) is 1. The lowest BCUT2D eigenvalue weighted by molar-refractivity contribution is -0.137. The number of unbranched alkanes of at least 4 members (excludes halogenated alkanes) is 2. The fourth-order valence-electron chi connectivity index (χ4n) is 4.82. The zero-order chi connectivity index (χ0) is 18.3. The molecule has 0 aromatic carbocycles. The number of hydrogen-bond donors (Lipinski definition) is 3. The topological polar surface area (TPSA) is 87.0 Å². The first kappa shape index (κ1) is 20.7. The molecule has 0 radical (unpaired) electrons. The van der Waals surface area contributed by atoms with Crippen LogP contribution >= 0.6 is 0 Å². The zero-order valence-electron chi connectivity index (χ0n) is 15.7. The highest BCUT2D eigenvalue weighted by Crippen LogP contribution is 2.53. The summed E-state index contributed by atoms with van der Waals surface area (Å²) in [6.45, 7) is 2.63. The number of carboxylic acid groups (broad SMARTS) is 1. The highest BCUT2D eigenvalue weighted by atomic mass is 16.5. The van der Waals surface area contributed by atoms with Crippen LogP contribution in [0.15, 0.2) is 0 Å². The number of aliphatic hydroxyl groups excluding tert-OH is 1. The summed E-state index contributed by atoms with van der Waals surface area (Å²) in [5.41, 5.74) is -0.638. The molecule has 146 valence electrons. The molecule has 0 aliphatic heterocycles. The highest BCUT2D eigenvalue weighted by molar-refractivity contribution is 5.66. The Kier molecular flexibility index (Phi) is 8.17. The summed E-state index contributed by atoms with van der Waals surface area (Å²) in [5.74, 6) is -0.215. The van der Waals surface area contributed by atoms with E-state index >= 15 is 0 Å². The van der Waals surface area contributed by atoms with Gasteiger partial charge in [-0.25, -0.2) is 0 Å². The molecule has 0 spiro atoms. The molecule has 2 aliphatic carbocycles. The Morgan fingerprint density at radius 2 is 2.04 bits per heavy atom. The molecule has 2 fully saturated rings. The number of fused-ring (bicyclic) bond motifs is 1. The minimum atomic E-state index is -0.789. The molecule has 5 nitrogen and oxygen atoms in total. The van der Waals surface area contributed by atoms with Crippen molar-refractivity contribution in [3.63, 3.8) is 0 Å². The van der Waals surface area contributed by atoms with Crippen molar-refractivity contribution in [1.82, 2.24) is 0 Å². The van der Waals surface area contributed by atoms with Crippen LogP contribution in [0.1, 0.15) is 84.0 Å². The maximum absolute atomic E-state index is 11.2. The lowest BCUT2D eigenvalue weighted by atomic mass is 9.83. The van der Waals surface area contributed by atoms with Crippen LogP contribution in [0.5, 0.6) is 0 Å². The summed E-state index contributed by atoms with van der Waals surface area (Å²) in [6.07, 6.45) is 10.1. The molecular formula is C20H36O5. The van der Waals surface area contributed by atoms with E-state index in [9.17, 15) is 15.0 Å². The van der Waals surface area contributed by atoms with Crippen molar-refractivity contribution in [1.29, 1.82) is 0 Å². The Hall–Kier alpha value is -0.650. The molecule has 2 rings (SSSR count). The Morgan fingerprint density at radius 1 is 1.24 bits per heavy atom. The zero-order valence-corrected chi connectivity index (χ0v) is 15.7. The van der Waals surface area contributed by atoms with Crippen LogP contribution in [0.3, 0.4) is 0 Å². The van der Waals surface area contributed by atoms with Crippen molar-refractivity contribution in [2.24, 2.45) is 11.8 Å². The quantitative estimate of drug-likeness (QED) is 0.466. The molecule has 2 unspecified atom stereocenters. The van der Waals surface area contributed by atoms with Gasteiger partial charge in [0.05, 0.1) is 17.8 Å². The SMILES string of the molecule is CCCCCC(O)CC[C@@H]1CC[C@H]2CC(OCCCC(=O)O)C[C@@]12O. The summed E-state index contributed by atoms with van der Waals surface area (Å²) in [5, 5.41) is 30.0.